The second kappa shape index (κ2) is 13.9. The lowest BCUT2D eigenvalue weighted by atomic mass is 9.99. The van der Waals surface area contributed by atoms with Crippen molar-refractivity contribution < 1.29 is 22.8 Å². The van der Waals surface area contributed by atoms with E-state index in [1.54, 1.807) is 29.8 Å². The molecule has 3 aromatic carbocycles. The van der Waals surface area contributed by atoms with Gasteiger partial charge in [0.1, 0.15) is 40.3 Å². The van der Waals surface area contributed by atoms with Crippen LogP contribution in [-0.4, -0.2) is 64.2 Å². The molecule has 0 radical (unpaired) electrons. The Hall–Kier alpha value is -5.69. The van der Waals surface area contributed by atoms with Crippen molar-refractivity contribution in [2.75, 3.05) is 48.3 Å². The van der Waals surface area contributed by atoms with Gasteiger partial charge in [-0.1, -0.05) is 6.07 Å². The summed E-state index contributed by atoms with van der Waals surface area (Å²) in [6.07, 6.45) is 1.17. The zero-order valence-electron chi connectivity index (χ0n) is 28.3. The van der Waals surface area contributed by atoms with E-state index in [0.717, 1.165) is 61.4 Å². The smallest absolute Gasteiger partial charge is 0.257 e. The van der Waals surface area contributed by atoms with Crippen molar-refractivity contribution in [2.45, 2.75) is 33.2 Å². The Morgan fingerprint density at radius 1 is 0.922 bits per heavy atom. The monoisotopic (exact) mass is 694 g/mol. The van der Waals surface area contributed by atoms with E-state index in [-0.39, 0.29) is 27.9 Å². The standard InChI is InChI=1S/C38H37F3N8O2/c1-22-4-3-5-32(43-22)45-38(51)29-7-8-30(34(41)23(29)2)35-33(36(42)50)37-44-31-9-6-28(20-25(31)11-13-49(37)46-35)48-16-14-47(15-17-48)12-10-24-18-26(39)21-27(40)19-24/h3-9,18-21,44H,10-17H2,1-2H3,(H2,42,50)(H,43,45,51). The van der Waals surface area contributed by atoms with Gasteiger partial charge in [-0.2, -0.15) is 5.10 Å². The quantitative estimate of drug-likeness (QED) is 0.182. The molecule has 0 aliphatic carbocycles. The highest BCUT2D eigenvalue weighted by molar-refractivity contribution is 6.07. The maximum atomic E-state index is 16.0. The fraction of sp³-hybridized carbons (Fsp3) is 0.263. The van der Waals surface area contributed by atoms with Crippen LogP contribution in [0.1, 0.15) is 43.1 Å². The van der Waals surface area contributed by atoms with E-state index in [1.165, 1.54) is 31.2 Å². The summed E-state index contributed by atoms with van der Waals surface area (Å²) < 4.78 is 44.8. The molecule has 4 N–H and O–H groups in total. The van der Waals surface area contributed by atoms with Gasteiger partial charge >= 0.3 is 0 Å². The van der Waals surface area contributed by atoms with Crippen molar-refractivity contribution in [1.82, 2.24) is 19.7 Å². The van der Waals surface area contributed by atoms with Gasteiger partial charge in [-0.15, -0.1) is 0 Å². The number of pyridine rings is 1. The van der Waals surface area contributed by atoms with Crippen LogP contribution in [0, 0.1) is 31.3 Å². The van der Waals surface area contributed by atoms with E-state index in [2.05, 4.69) is 36.6 Å². The molecule has 13 heteroatoms. The average molecular weight is 695 g/mol. The number of carbonyl (C=O) groups is 2. The van der Waals surface area contributed by atoms with Gasteiger partial charge in [-0.25, -0.2) is 22.8 Å². The van der Waals surface area contributed by atoms with Crippen molar-refractivity contribution in [3.63, 3.8) is 0 Å². The number of anilines is 4. The molecule has 262 valence electrons. The minimum atomic E-state index is -0.761. The molecule has 4 heterocycles. The topological polar surface area (TPSA) is 121 Å². The number of hydrogen-bond acceptors (Lipinski definition) is 7. The number of piperazine rings is 1. The number of amides is 2. The predicted molar refractivity (Wildman–Crippen MR) is 190 cm³/mol. The number of fused-ring (bicyclic) bond motifs is 2. The number of halogens is 3. The summed E-state index contributed by atoms with van der Waals surface area (Å²) in [5.41, 5.74) is 10.6. The molecular formula is C38H37F3N8O2. The Morgan fingerprint density at radius 3 is 2.41 bits per heavy atom. The van der Waals surface area contributed by atoms with E-state index >= 15 is 4.39 Å². The van der Waals surface area contributed by atoms with Crippen molar-refractivity contribution >= 4 is 34.8 Å². The summed E-state index contributed by atoms with van der Waals surface area (Å²) in [5.74, 6) is -2.34. The first-order valence-electron chi connectivity index (χ1n) is 16.8. The van der Waals surface area contributed by atoms with Gasteiger partial charge in [0.2, 0.25) is 0 Å². The van der Waals surface area contributed by atoms with E-state index in [0.29, 0.717) is 36.6 Å². The van der Waals surface area contributed by atoms with E-state index in [9.17, 15) is 18.4 Å². The van der Waals surface area contributed by atoms with Crippen molar-refractivity contribution in [3.05, 3.63) is 118 Å². The molecule has 0 saturated carbocycles. The molecule has 51 heavy (non-hydrogen) atoms. The molecule has 1 saturated heterocycles. The largest absolute Gasteiger partial charge is 0.369 e. The van der Waals surface area contributed by atoms with E-state index < -0.39 is 29.3 Å². The molecule has 0 spiro atoms. The highest BCUT2D eigenvalue weighted by atomic mass is 19.1. The first kappa shape index (κ1) is 33.8. The molecule has 0 atom stereocenters. The van der Waals surface area contributed by atoms with Crippen molar-refractivity contribution in [1.29, 1.82) is 0 Å². The number of aromatic nitrogens is 3. The van der Waals surface area contributed by atoms with Gasteiger partial charge in [-0.05, 0) is 98.0 Å². The van der Waals surface area contributed by atoms with Crippen LogP contribution in [-0.2, 0) is 19.4 Å². The summed E-state index contributed by atoms with van der Waals surface area (Å²) in [5, 5.41) is 10.7. The number of rotatable bonds is 8. The highest BCUT2D eigenvalue weighted by Crippen LogP contribution is 2.37. The summed E-state index contributed by atoms with van der Waals surface area (Å²) >= 11 is 0. The molecular weight excluding hydrogens is 657 g/mol. The SMILES string of the molecule is Cc1cccc(NC(=O)c2ccc(-c3nn4c(c3C(N)=O)Nc3ccc(N5CCN(CCc6cc(F)cc(F)c6)CC5)cc3CC4)c(F)c2C)n1. The first-order valence-corrected chi connectivity index (χ1v) is 16.8. The lowest BCUT2D eigenvalue weighted by molar-refractivity contribution is 0.0998. The Kier molecular flexibility index (Phi) is 9.21. The number of aryl methyl sites for hydroxylation is 3. The van der Waals surface area contributed by atoms with E-state index in [4.69, 9.17) is 5.73 Å². The Morgan fingerprint density at radius 2 is 1.69 bits per heavy atom. The van der Waals surface area contributed by atoms with Gasteiger partial charge in [0.15, 0.2) is 0 Å². The number of nitrogens with zero attached hydrogens (tertiary/aromatic N) is 5. The summed E-state index contributed by atoms with van der Waals surface area (Å²) in [6.45, 7) is 7.68. The van der Waals surface area contributed by atoms with Crippen molar-refractivity contribution in [2.24, 2.45) is 5.73 Å². The van der Waals surface area contributed by atoms with Crippen LogP contribution in [0.15, 0.2) is 66.7 Å². The van der Waals surface area contributed by atoms with Crippen LogP contribution in [0.5, 0.6) is 0 Å². The zero-order valence-corrected chi connectivity index (χ0v) is 28.3. The van der Waals surface area contributed by atoms with Crippen LogP contribution in [0.4, 0.5) is 36.2 Å². The Labute approximate surface area is 293 Å². The zero-order chi connectivity index (χ0) is 35.8. The molecule has 0 unspecified atom stereocenters. The van der Waals surface area contributed by atoms with Crippen LogP contribution in [0.3, 0.4) is 0 Å². The lowest BCUT2D eigenvalue weighted by Gasteiger charge is -2.36. The maximum absolute atomic E-state index is 16.0. The molecule has 2 aliphatic rings. The third-order valence-electron chi connectivity index (χ3n) is 9.53. The molecule has 5 aromatic rings. The van der Waals surface area contributed by atoms with Gasteiger partial charge in [0.05, 0.1) is 0 Å². The van der Waals surface area contributed by atoms with Gasteiger partial charge < -0.3 is 21.3 Å². The number of benzene rings is 3. The highest BCUT2D eigenvalue weighted by Gasteiger charge is 2.29. The number of nitrogens with two attached hydrogens (primary N) is 1. The molecule has 7 rings (SSSR count). The van der Waals surface area contributed by atoms with E-state index in [1.807, 2.05) is 12.1 Å². The third kappa shape index (κ3) is 7.02. The Balaban J connectivity index is 1.06. The second-order valence-electron chi connectivity index (χ2n) is 13.0. The lowest BCUT2D eigenvalue weighted by Crippen LogP contribution is -2.47. The minimum Gasteiger partial charge on any atom is -0.369 e. The normalized spacial score (nSPS) is 14.3. The Bertz CT molecular complexity index is 2140. The number of hydrogen-bond donors (Lipinski definition) is 3. The number of carbonyl (C=O) groups excluding carboxylic acids is 2. The van der Waals surface area contributed by atoms with Crippen LogP contribution < -0.4 is 21.3 Å². The molecule has 0 bridgehead atoms. The predicted octanol–water partition coefficient (Wildman–Crippen LogP) is 5.99. The molecule has 2 aromatic heterocycles. The number of nitrogens with one attached hydrogen (secondary N) is 2. The molecule has 2 aliphatic heterocycles. The second-order valence-corrected chi connectivity index (χ2v) is 13.0. The maximum Gasteiger partial charge on any atom is 0.257 e. The fourth-order valence-corrected chi connectivity index (χ4v) is 6.81. The number of primary amides is 1. The molecule has 10 nitrogen and oxygen atoms in total. The van der Waals surface area contributed by atoms with Crippen LogP contribution >= 0.6 is 0 Å². The van der Waals surface area contributed by atoms with Gasteiger partial charge in [-0.3, -0.25) is 14.5 Å². The van der Waals surface area contributed by atoms with Crippen molar-refractivity contribution in [3.8, 4) is 11.3 Å². The molecule has 2 amide bonds. The first-order chi connectivity index (χ1) is 24.5. The van der Waals surface area contributed by atoms with Gasteiger partial charge in [0.25, 0.3) is 11.8 Å². The third-order valence-corrected chi connectivity index (χ3v) is 9.53. The minimum absolute atomic E-state index is 0.0588. The average Bonchev–Trinajstić information content (AvgIpc) is 3.35. The van der Waals surface area contributed by atoms with Gasteiger partial charge in [0, 0.05) is 73.5 Å². The summed E-state index contributed by atoms with van der Waals surface area (Å²) in [7, 11) is 0. The fourth-order valence-electron chi connectivity index (χ4n) is 6.81. The molecule has 1 fully saturated rings. The summed E-state index contributed by atoms with van der Waals surface area (Å²) in [6, 6.07) is 17.9. The van der Waals surface area contributed by atoms with Crippen LogP contribution in [0.2, 0.25) is 0 Å². The van der Waals surface area contributed by atoms with Crippen LogP contribution in [0.25, 0.3) is 11.3 Å². The summed E-state index contributed by atoms with van der Waals surface area (Å²) in [4.78, 5) is 34.8.